The molecule has 1 heterocycles. The zero-order chi connectivity index (χ0) is 15.2. The summed E-state index contributed by atoms with van der Waals surface area (Å²) < 4.78 is 5.60. The lowest BCUT2D eigenvalue weighted by atomic mass is 10.1. The molecule has 0 bridgehead atoms. The predicted octanol–water partition coefficient (Wildman–Crippen LogP) is 0.936. The van der Waals surface area contributed by atoms with Crippen molar-refractivity contribution in [3.63, 3.8) is 0 Å². The molecule has 116 valence electrons. The fourth-order valence-corrected chi connectivity index (χ4v) is 2.60. The summed E-state index contributed by atoms with van der Waals surface area (Å²) in [6.45, 7) is 2.60. The fraction of sp³-hybridized carbons (Fsp3) is 0.562. The van der Waals surface area contributed by atoms with Gasteiger partial charge in [-0.05, 0) is 12.0 Å². The van der Waals surface area contributed by atoms with E-state index in [2.05, 4.69) is 0 Å². The van der Waals surface area contributed by atoms with Gasteiger partial charge in [-0.25, -0.2) is 0 Å². The molecule has 21 heavy (non-hydrogen) atoms. The van der Waals surface area contributed by atoms with Crippen molar-refractivity contribution in [1.29, 1.82) is 0 Å². The van der Waals surface area contributed by atoms with Gasteiger partial charge < -0.3 is 19.8 Å². The van der Waals surface area contributed by atoms with Crippen LogP contribution in [0.4, 0.5) is 0 Å². The normalized spacial score (nSPS) is 25.6. The molecule has 3 atom stereocenters. The van der Waals surface area contributed by atoms with Crippen LogP contribution in [0.5, 0.6) is 0 Å². The molecule has 2 rings (SSSR count). The minimum Gasteiger partial charge on any atom is -0.394 e. The first-order valence-electron chi connectivity index (χ1n) is 7.44. The Bertz CT molecular complexity index is 451. The summed E-state index contributed by atoms with van der Waals surface area (Å²) in [5.41, 5.74) is 0.949. The van der Waals surface area contributed by atoms with Crippen LogP contribution >= 0.6 is 0 Å². The van der Waals surface area contributed by atoms with E-state index < -0.39 is 18.2 Å². The first-order valence-corrected chi connectivity index (χ1v) is 7.44. The van der Waals surface area contributed by atoms with Crippen LogP contribution < -0.4 is 0 Å². The summed E-state index contributed by atoms with van der Waals surface area (Å²) in [6, 6.07) is 8.96. The number of likely N-dealkylation sites (tertiary alicyclic amines) is 1. The van der Waals surface area contributed by atoms with Crippen LogP contribution in [0.2, 0.25) is 0 Å². The molecule has 2 N–H and O–H groups in total. The summed E-state index contributed by atoms with van der Waals surface area (Å²) >= 11 is 0. The number of hydrogen-bond acceptors (Lipinski definition) is 4. The highest BCUT2D eigenvalue weighted by atomic mass is 16.5. The lowest BCUT2D eigenvalue weighted by Gasteiger charge is -2.23. The Hall–Kier alpha value is -1.43. The maximum Gasteiger partial charge on any atom is 0.254 e. The van der Waals surface area contributed by atoms with Gasteiger partial charge in [-0.1, -0.05) is 43.7 Å². The molecule has 0 spiro atoms. The Morgan fingerprint density at radius 2 is 2.00 bits per heavy atom. The Kier molecular flexibility index (Phi) is 5.73. The molecule has 0 unspecified atom stereocenters. The molecule has 1 saturated heterocycles. The second-order valence-electron chi connectivity index (χ2n) is 5.34. The lowest BCUT2D eigenvalue weighted by molar-refractivity contribution is -0.140. The standard InChI is InChI=1S/C16H23NO4/c1-2-3-9-17-13(10-18)14(19)15(16(17)20)21-11-12-7-5-4-6-8-12/h4-8,13-15,18-19H,2-3,9-11H2,1H3/t13-,14-,15+/m1/s1. The Balaban J connectivity index is 2.00. The van der Waals surface area contributed by atoms with Crippen molar-refractivity contribution in [2.45, 2.75) is 44.6 Å². The van der Waals surface area contributed by atoms with Gasteiger partial charge in [-0.3, -0.25) is 4.79 Å². The summed E-state index contributed by atoms with van der Waals surface area (Å²) in [5.74, 6) is -0.231. The Morgan fingerprint density at radius 3 is 2.62 bits per heavy atom. The fourth-order valence-electron chi connectivity index (χ4n) is 2.60. The lowest BCUT2D eigenvalue weighted by Crippen LogP contribution is -2.40. The molecule has 1 aromatic rings. The molecule has 0 radical (unpaired) electrons. The van der Waals surface area contributed by atoms with E-state index >= 15 is 0 Å². The molecule has 1 aromatic carbocycles. The largest absolute Gasteiger partial charge is 0.394 e. The maximum absolute atomic E-state index is 12.3. The minimum atomic E-state index is -0.983. The van der Waals surface area contributed by atoms with Crippen LogP contribution in [0.1, 0.15) is 25.3 Å². The minimum absolute atomic E-state index is 0.231. The van der Waals surface area contributed by atoms with Gasteiger partial charge in [0.25, 0.3) is 5.91 Å². The highest BCUT2D eigenvalue weighted by Crippen LogP contribution is 2.24. The molecule has 5 nitrogen and oxygen atoms in total. The van der Waals surface area contributed by atoms with Gasteiger partial charge in [-0.15, -0.1) is 0 Å². The van der Waals surface area contributed by atoms with Gasteiger partial charge in [0.05, 0.1) is 19.3 Å². The van der Waals surface area contributed by atoms with Gasteiger partial charge in [0.15, 0.2) is 6.10 Å². The molecule has 0 saturated carbocycles. The first kappa shape index (κ1) is 15.9. The number of amides is 1. The zero-order valence-electron chi connectivity index (χ0n) is 12.3. The van der Waals surface area contributed by atoms with Gasteiger partial charge in [0.1, 0.15) is 6.10 Å². The van der Waals surface area contributed by atoms with Gasteiger partial charge in [-0.2, -0.15) is 0 Å². The third-order valence-corrected chi connectivity index (χ3v) is 3.84. The second kappa shape index (κ2) is 7.54. The molecule has 1 amide bonds. The molecule has 5 heteroatoms. The summed E-state index contributed by atoms with van der Waals surface area (Å²) in [6.07, 6.45) is -0.0734. The number of aliphatic hydroxyl groups is 2. The number of unbranched alkanes of at least 4 members (excludes halogenated alkanes) is 1. The average molecular weight is 293 g/mol. The number of aliphatic hydroxyl groups excluding tert-OH is 2. The van der Waals surface area contributed by atoms with E-state index in [1.165, 1.54) is 0 Å². The van der Waals surface area contributed by atoms with Crippen LogP contribution in [0.3, 0.4) is 0 Å². The Labute approximate surface area is 125 Å². The van der Waals surface area contributed by atoms with E-state index in [1.807, 2.05) is 37.3 Å². The average Bonchev–Trinajstić information content (AvgIpc) is 2.74. The van der Waals surface area contributed by atoms with Gasteiger partial charge >= 0.3 is 0 Å². The van der Waals surface area contributed by atoms with Crippen molar-refractivity contribution < 1.29 is 19.7 Å². The van der Waals surface area contributed by atoms with Crippen molar-refractivity contribution in [2.24, 2.45) is 0 Å². The van der Waals surface area contributed by atoms with Crippen LogP contribution in [-0.2, 0) is 16.1 Å². The number of rotatable bonds is 7. The van der Waals surface area contributed by atoms with Crippen molar-refractivity contribution in [1.82, 2.24) is 4.90 Å². The van der Waals surface area contributed by atoms with Crippen LogP contribution in [0.25, 0.3) is 0 Å². The van der Waals surface area contributed by atoms with Crippen molar-refractivity contribution in [2.75, 3.05) is 13.2 Å². The van der Waals surface area contributed by atoms with E-state index in [1.54, 1.807) is 4.90 Å². The second-order valence-corrected chi connectivity index (χ2v) is 5.34. The van der Waals surface area contributed by atoms with Crippen molar-refractivity contribution in [3.8, 4) is 0 Å². The van der Waals surface area contributed by atoms with Crippen LogP contribution in [-0.4, -0.2) is 52.4 Å². The molecule has 0 aliphatic carbocycles. The van der Waals surface area contributed by atoms with E-state index in [-0.39, 0.29) is 19.1 Å². The third kappa shape index (κ3) is 3.61. The molecular formula is C16H23NO4. The summed E-state index contributed by atoms with van der Waals surface area (Å²) in [7, 11) is 0. The highest BCUT2D eigenvalue weighted by molar-refractivity contribution is 5.84. The van der Waals surface area contributed by atoms with E-state index in [4.69, 9.17) is 4.74 Å². The summed E-state index contributed by atoms with van der Waals surface area (Å²) in [5, 5.41) is 19.6. The molecule has 0 aromatic heterocycles. The van der Waals surface area contributed by atoms with E-state index in [9.17, 15) is 15.0 Å². The first-order chi connectivity index (χ1) is 10.2. The molecule has 1 aliphatic heterocycles. The number of carbonyl (C=O) groups is 1. The third-order valence-electron chi connectivity index (χ3n) is 3.84. The predicted molar refractivity (Wildman–Crippen MR) is 78.5 cm³/mol. The smallest absolute Gasteiger partial charge is 0.254 e. The van der Waals surface area contributed by atoms with Gasteiger partial charge in [0.2, 0.25) is 0 Å². The number of ether oxygens (including phenoxy) is 1. The van der Waals surface area contributed by atoms with Gasteiger partial charge in [0, 0.05) is 6.54 Å². The summed E-state index contributed by atoms with van der Waals surface area (Å²) in [4.78, 5) is 13.9. The number of benzene rings is 1. The van der Waals surface area contributed by atoms with E-state index in [0.29, 0.717) is 6.54 Å². The highest BCUT2D eigenvalue weighted by Gasteiger charge is 2.47. The quantitative estimate of drug-likeness (QED) is 0.785. The zero-order valence-corrected chi connectivity index (χ0v) is 12.3. The SMILES string of the molecule is CCCCN1C(=O)[C@@H](OCc2ccccc2)[C@H](O)[C@H]1CO. The maximum atomic E-state index is 12.3. The number of carbonyl (C=O) groups excluding carboxylic acids is 1. The molecular weight excluding hydrogens is 270 g/mol. The molecule has 1 aliphatic rings. The van der Waals surface area contributed by atoms with Crippen molar-refractivity contribution in [3.05, 3.63) is 35.9 Å². The molecule has 1 fully saturated rings. The Morgan fingerprint density at radius 1 is 1.29 bits per heavy atom. The monoisotopic (exact) mass is 293 g/mol. The number of hydrogen-bond donors (Lipinski definition) is 2. The topological polar surface area (TPSA) is 70.0 Å². The number of nitrogens with zero attached hydrogens (tertiary/aromatic N) is 1. The van der Waals surface area contributed by atoms with Crippen LogP contribution in [0, 0.1) is 0 Å². The van der Waals surface area contributed by atoms with E-state index in [0.717, 1.165) is 18.4 Å². The van der Waals surface area contributed by atoms with Crippen molar-refractivity contribution >= 4 is 5.91 Å². The van der Waals surface area contributed by atoms with Crippen LogP contribution in [0.15, 0.2) is 30.3 Å².